The summed E-state index contributed by atoms with van der Waals surface area (Å²) >= 11 is 0. The minimum atomic E-state index is -0.0200. The number of aliphatic hydroxyl groups excluding tert-OH is 1. The minimum absolute atomic E-state index is 0.0200. The van der Waals surface area contributed by atoms with E-state index < -0.39 is 0 Å². The summed E-state index contributed by atoms with van der Waals surface area (Å²) < 4.78 is 4.78. The molecule has 0 aliphatic carbocycles. The number of hydrogen-bond acceptors (Lipinski definition) is 3. The molecule has 18 heavy (non-hydrogen) atoms. The van der Waals surface area contributed by atoms with E-state index in [0.717, 1.165) is 25.7 Å². The van der Waals surface area contributed by atoms with E-state index in [9.17, 15) is 4.79 Å². The van der Waals surface area contributed by atoms with Crippen molar-refractivity contribution in [1.29, 1.82) is 0 Å². The van der Waals surface area contributed by atoms with Crippen molar-refractivity contribution in [3.8, 4) is 0 Å². The Hall–Kier alpha value is -1.08. The lowest BCUT2D eigenvalue weighted by Crippen LogP contribution is -2.07. The molecular weight excluding hydrogens is 230 g/mol. The van der Waals surface area contributed by atoms with E-state index >= 15 is 0 Å². The van der Waals surface area contributed by atoms with Crippen LogP contribution >= 0.6 is 0 Å². The van der Waals surface area contributed by atoms with Gasteiger partial charge in [-0.2, -0.15) is 0 Å². The Kier molecular flexibility index (Phi) is 10.4. The second kappa shape index (κ2) is 11.0. The molecule has 0 unspecified atom stereocenters. The molecule has 0 saturated carbocycles. The lowest BCUT2D eigenvalue weighted by atomic mass is 10.0. The molecule has 0 amide bonds. The Balaban J connectivity index is 0.000000321. The summed E-state index contributed by atoms with van der Waals surface area (Å²) in [6, 6.07) is 0. The smallest absolute Gasteiger partial charge is 0.306 e. The lowest BCUT2D eigenvalue weighted by Gasteiger charge is -2.03. The van der Waals surface area contributed by atoms with Gasteiger partial charge in [-0.1, -0.05) is 26.7 Å². The fraction of sp³-hybridized carbons (Fsp3) is 0.857. The molecule has 0 spiro atoms. The summed E-state index contributed by atoms with van der Waals surface area (Å²) in [6.07, 6.45) is 4.96. The molecule has 0 bridgehead atoms. The second-order valence-electron chi connectivity index (χ2n) is 4.72. The van der Waals surface area contributed by atoms with Gasteiger partial charge in [0.1, 0.15) is 0 Å². The standard InChI is InChI=1S/C7H13NO.C7H12O2/c1-3-4-7(6-9)5-8-2;1-2-3-6-4-7(8)9-5-6/h7,9H,3-6H2,1H3;6H,2-5H2,1H3/t7-;6-/m11/s1. The number of ether oxygens (including phenoxy) is 1. The van der Waals surface area contributed by atoms with Crippen LogP contribution in [0.3, 0.4) is 0 Å². The van der Waals surface area contributed by atoms with Crippen molar-refractivity contribution in [2.45, 2.75) is 46.0 Å². The van der Waals surface area contributed by atoms with Crippen molar-refractivity contribution in [2.24, 2.45) is 11.8 Å². The average molecular weight is 255 g/mol. The van der Waals surface area contributed by atoms with E-state index in [4.69, 9.17) is 16.4 Å². The molecule has 1 saturated heterocycles. The molecule has 1 fully saturated rings. The summed E-state index contributed by atoms with van der Waals surface area (Å²) in [6.45, 7) is 12.0. The van der Waals surface area contributed by atoms with Crippen molar-refractivity contribution in [2.75, 3.05) is 19.8 Å². The molecule has 1 aliphatic heterocycles. The Labute approximate surface area is 110 Å². The quantitative estimate of drug-likeness (QED) is 0.586. The molecule has 0 radical (unpaired) electrons. The van der Waals surface area contributed by atoms with Crippen LogP contribution in [0.25, 0.3) is 4.85 Å². The van der Waals surface area contributed by atoms with E-state index in [1.54, 1.807) is 0 Å². The van der Waals surface area contributed by atoms with Crippen LogP contribution in [0.4, 0.5) is 0 Å². The highest BCUT2D eigenvalue weighted by atomic mass is 16.5. The molecule has 4 heteroatoms. The zero-order chi connectivity index (χ0) is 13.8. The van der Waals surface area contributed by atoms with Crippen LogP contribution < -0.4 is 0 Å². The van der Waals surface area contributed by atoms with Gasteiger partial charge in [-0.15, -0.1) is 0 Å². The first-order valence-corrected chi connectivity index (χ1v) is 6.77. The first-order chi connectivity index (χ1) is 8.67. The highest BCUT2D eigenvalue weighted by molar-refractivity contribution is 5.71. The third kappa shape index (κ3) is 8.08. The predicted molar refractivity (Wildman–Crippen MR) is 70.9 cm³/mol. The van der Waals surface area contributed by atoms with Gasteiger partial charge in [0, 0.05) is 5.92 Å². The Morgan fingerprint density at radius 1 is 1.50 bits per heavy atom. The first kappa shape index (κ1) is 16.9. The molecule has 0 aromatic carbocycles. The van der Waals surface area contributed by atoms with E-state index in [2.05, 4.69) is 18.7 Å². The zero-order valence-electron chi connectivity index (χ0n) is 11.5. The van der Waals surface area contributed by atoms with Gasteiger partial charge < -0.3 is 14.7 Å². The molecule has 0 aromatic heterocycles. The number of hydrogen-bond donors (Lipinski definition) is 1. The number of nitrogens with zero attached hydrogens (tertiary/aromatic N) is 1. The summed E-state index contributed by atoms with van der Waals surface area (Å²) in [7, 11) is 0. The minimum Gasteiger partial charge on any atom is -0.465 e. The monoisotopic (exact) mass is 255 g/mol. The van der Waals surface area contributed by atoms with Gasteiger partial charge in [-0.3, -0.25) is 4.79 Å². The molecule has 1 N–H and O–H groups in total. The predicted octanol–water partition coefficient (Wildman–Crippen LogP) is 2.66. The van der Waals surface area contributed by atoms with Crippen LogP contribution in [0, 0.1) is 18.4 Å². The Morgan fingerprint density at radius 3 is 2.61 bits per heavy atom. The van der Waals surface area contributed by atoms with Gasteiger partial charge >= 0.3 is 5.97 Å². The van der Waals surface area contributed by atoms with E-state index in [-0.39, 0.29) is 18.5 Å². The van der Waals surface area contributed by atoms with Crippen LogP contribution in [0.15, 0.2) is 0 Å². The summed E-state index contributed by atoms with van der Waals surface area (Å²) in [4.78, 5) is 13.7. The largest absolute Gasteiger partial charge is 0.465 e. The first-order valence-electron chi connectivity index (χ1n) is 6.77. The van der Waals surface area contributed by atoms with Gasteiger partial charge in [-0.25, -0.2) is 6.57 Å². The van der Waals surface area contributed by atoms with Crippen molar-refractivity contribution < 1.29 is 14.6 Å². The number of cyclic esters (lactones) is 1. The molecule has 1 aliphatic rings. The molecular formula is C14H25NO3. The van der Waals surface area contributed by atoms with Gasteiger partial charge in [0.05, 0.1) is 25.6 Å². The van der Waals surface area contributed by atoms with E-state index in [1.807, 2.05) is 0 Å². The topological polar surface area (TPSA) is 50.9 Å². The highest BCUT2D eigenvalue weighted by Crippen LogP contribution is 2.18. The maximum absolute atomic E-state index is 10.5. The Morgan fingerprint density at radius 2 is 2.22 bits per heavy atom. The van der Waals surface area contributed by atoms with Crippen LogP contribution in [0.1, 0.15) is 46.0 Å². The van der Waals surface area contributed by atoms with Crippen molar-refractivity contribution in [3.05, 3.63) is 11.4 Å². The van der Waals surface area contributed by atoms with Crippen LogP contribution in [-0.4, -0.2) is 30.8 Å². The number of rotatable bonds is 6. The molecule has 4 nitrogen and oxygen atoms in total. The van der Waals surface area contributed by atoms with Crippen molar-refractivity contribution >= 4 is 5.97 Å². The molecule has 2 atom stereocenters. The third-order valence-electron chi connectivity index (χ3n) is 2.94. The number of carbonyl (C=O) groups is 1. The molecule has 0 aromatic rings. The van der Waals surface area contributed by atoms with Gasteiger partial charge in [0.2, 0.25) is 6.54 Å². The van der Waals surface area contributed by atoms with Gasteiger partial charge in [0.15, 0.2) is 0 Å². The summed E-state index contributed by atoms with van der Waals surface area (Å²) in [5.41, 5.74) is 0. The fourth-order valence-electron chi connectivity index (χ4n) is 1.94. The molecule has 1 heterocycles. The number of carbonyl (C=O) groups excluding carboxylic acids is 1. The number of aliphatic hydroxyl groups is 1. The summed E-state index contributed by atoms with van der Waals surface area (Å²) in [5.74, 6) is 0.712. The fourth-order valence-corrected chi connectivity index (χ4v) is 1.94. The molecule has 104 valence electrons. The van der Waals surface area contributed by atoms with Crippen LogP contribution in [0.5, 0.6) is 0 Å². The van der Waals surface area contributed by atoms with Crippen LogP contribution in [0.2, 0.25) is 0 Å². The van der Waals surface area contributed by atoms with Crippen molar-refractivity contribution in [3.63, 3.8) is 0 Å². The number of esters is 1. The van der Waals surface area contributed by atoms with Crippen LogP contribution in [-0.2, 0) is 9.53 Å². The highest BCUT2D eigenvalue weighted by Gasteiger charge is 2.22. The van der Waals surface area contributed by atoms with E-state index in [0.29, 0.717) is 25.5 Å². The summed E-state index contributed by atoms with van der Waals surface area (Å²) in [5, 5.41) is 8.64. The Bertz CT molecular complexity index is 260. The lowest BCUT2D eigenvalue weighted by molar-refractivity contribution is -0.137. The third-order valence-corrected chi connectivity index (χ3v) is 2.94. The zero-order valence-corrected chi connectivity index (χ0v) is 11.5. The average Bonchev–Trinajstić information content (AvgIpc) is 2.76. The van der Waals surface area contributed by atoms with Gasteiger partial charge in [0.25, 0.3) is 0 Å². The van der Waals surface area contributed by atoms with Gasteiger partial charge in [-0.05, 0) is 12.8 Å². The van der Waals surface area contributed by atoms with E-state index in [1.165, 1.54) is 0 Å². The second-order valence-corrected chi connectivity index (χ2v) is 4.72. The maximum atomic E-state index is 10.5. The maximum Gasteiger partial charge on any atom is 0.306 e. The normalized spacial score (nSPS) is 19.4. The SMILES string of the molecule is CCC[C@H]1COC(=O)C1.[C-]#[N+]C[C@H](CO)CCC. The van der Waals surface area contributed by atoms with Crippen molar-refractivity contribution in [1.82, 2.24) is 0 Å². The molecule has 1 rings (SSSR count).